The highest BCUT2D eigenvalue weighted by molar-refractivity contribution is 6.35. The van der Waals surface area contributed by atoms with Crippen LogP contribution in [0.4, 0.5) is 15.8 Å². The highest BCUT2D eigenvalue weighted by atomic mass is 35.5. The van der Waals surface area contributed by atoms with Gasteiger partial charge in [0, 0.05) is 29.5 Å². The first-order valence-electron chi connectivity index (χ1n) is 8.28. The average Bonchev–Trinajstić information content (AvgIpc) is 2.61. The molecule has 0 saturated heterocycles. The normalized spacial score (nSPS) is 10.7. The Morgan fingerprint density at radius 1 is 0.923 bits per heavy atom. The van der Waals surface area contributed by atoms with Crippen LogP contribution in [0.2, 0.25) is 5.02 Å². The van der Waals surface area contributed by atoms with Crippen molar-refractivity contribution < 1.29 is 9.18 Å². The van der Waals surface area contributed by atoms with E-state index in [1.165, 1.54) is 12.1 Å². The molecule has 0 heterocycles. The summed E-state index contributed by atoms with van der Waals surface area (Å²) in [4.78, 5) is 14.7. The molecule has 3 aromatic carbocycles. The fourth-order valence-corrected chi connectivity index (χ4v) is 3.26. The molecule has 0 saturated carbocycles. The molecular weight excluding hydrogens is 349 g/mol. The minimum absolute atomic E-state index is 0.0970. The number of anilines is 2. The minimum atomic E-state index is -0.267. The van der Waals surface area contributed by atoms with Crippen molar-refractivity contribution in [3.8, 4) is 0 Å². The summed E-state index contributed by atoms with van der Waals surface area (Å²) in [6, 6.07) is 17.4. The van der Waals surface area contributed by atoms with Crippen LogP contribution in [0.5, 0.6) is 0 Å². The van der Waals surface area contributed by atoms with E-state index in [2.05, 4.69) is 0 Å². The van der Waals surface area contributed by atoms with E-state index in [9.17, 15) is 9.18 Å². The van der Waals surface area contributed by atoms with Crippen molar-refractivity contribution >= 4 is 28.8 Å². The number of nitrogens with zero attached hydrogens (tertiary/aromatic N) is 1. The van der Waals surface area contributed by atoms with Crippen LogP contribution >= 0.6 is 11.6 Å². The zero-order chi connectivity index (χ0) is 18.8. The fourth-order valence-electron chi connectivity index (χ4n) is 3.00. The van der Waals surface area contributed by atoms with Gasteiger partial charge in [-0.05, 0) is 61.4 Å². The SMILES string of the molecule is Cc1ccccc1C(=O)c1ccc(N(C)c2ccc(F)cc2C)cc1Cl. The maximum absolute atomic E-state index is 13.3. The van der Waals surface area contributed by atoms with Crippen molar-refractivity contribution in [1.82, 2.24) is 0 Å². The molecule has 3 aromatic rings. The Labute approximate surface area is 157 Å². The number of halogens is 2. The molecule has 0 radical (unpaired) electrons. The van der Waals surface area contributed by atoms with E-state index < -0.39 is 0 Å². The maximum Gasteiger partial charge on any atom is 0.194 e. The number of hydrogen-bond acceptors (Lipinski definition) is 2. The lowest BCUT2D eigenvalue weighted by Gasteiger charge is -2.22. The smallest absolute Gasteiger partial charge is 0.194 e. The topological polar surface area (TPSA) is 20.3 Å². The second-order valence-electron chi connectivity index (χ2n) is 6.30. The Morgan fingerprint density at radius 2 is 1.65 bits per heavy atom. The summed E-state index contributed by atoms with van der Waals surface area (Å²) in [5, 5.41) is 0.391. The molecule has 132 valence electrons. The zero-order valence-corrected chi connectivity index (χ0v) is 15.6. The van der Waals surface area contributed by atoms with Crippen LogP contribution in [0.15, 0.2) is 60.7 Å². The first kappa shape index (κ1) is 18.2. The molecular formula is C22H19ClFNO. The van der Waals surface area contributed by atoms with E-state index in [1.807, 2.05) is 50.1 Å². The van der Waals surface area contributed by atoms with Gasteiger partial charge in [0.25, 0.3) is 0 Å². The van der Waals surface area contributed by atoms with Crippen LogP contribution in [0.25, 0.3) is 0 Å². The van der Waals surface area contributed by atoms with E-state index in [1.54, 1.807) is 24.3 Å². The Morgan fingerprint density at radius 3 is 2.31 bits per heavy atom. The monoisotopic (exact) mass is 367 g/mol. The molecule has 0 unspecified atom stereocenters. The number of rotatable bonds is 4. The molecule has 0 aliphatic rings. The molecule has 2 nitrogen and oxygen atoms in total. The predicted molar refractivity (Wildman–Crippen MR) is 105 cm³/mol. The van der Waals surface area contributed by atoms with E-state index in [4.69, 9.17) is 11.6 Å². The van der Waals surface area contributed by atoms with Crippen molar-refractivity contribution in [2.75, 3.05) is 11.9 Å². The van der Waals surface area contributed by atoms with Crippen LogP contribution in [-0.4, -0.2) is 12.8 Å². The number of aryl methyl sites for hydroxylation is 2. The molecule has 0 aliphatic heterocycles. The van der Waals surface area contributed by atoms with E-state index in [-0.39, 0.29) is 11.6 Å². The van der Waals surface area contributed by atoms with E-state index >= 15 is 0 Å². The summed E-state index contributed by atoms with van der Waals surface area (Å²) in [7, 11) is 1.88. The van der Waals surface area contributed by atoms with Crippen LogP contribution < -0.4 is 4.90 Å². The molecule has 3 rings (SSSR count). The average molecular weight is 368 g/mol. The van der Waals surface area contributed by atoms with Gasteiger partial charge in [-0.2, -0.15) is 0 Å². The molecule has 0 fully saturated rings. The van der Waals surface area contributed by atoms with Crippen LogP contribution in [0.3, 0.4) is 0 Å². The van der Waals surface area contributed by atoms with Gasteiger partial charge in [-0.15, -0.1) is 0 Å². The van der Waals surface area contributed by atoms with Gasteiger partial charge in [0.2, 0.25) is 0 Å². The van der Waals surface area contributed by atoms with Crippen molar-refractivity contribution in [3.63, 3.8) is 0 Å². The molecule has 0 spiro atoms. The van der Waals surface area contributed by atoms with Gasteiger partial charge < -0.3 is 4.90 Å². The van der Waals surface area contributed by atoms with Crippen molar-refractivity contribution in [1.29, 1.82) is 0 Å². The van der Waals surface area contributed by atoms with Gasteiger partial charge in [0.05, 0.1) is 5.02 Å². The minimum Gasteiger partial charge on any atom is -0.344 e. The maximum atomic E-state index is 13.3. The van der Waals surface area contributed by atoms with E-state index in [0.29, 0.717) is 16.1 Å². The third kappa shape index (κ3) is 3.49. The third-order valence-corrected chi connectivity index (χ3v) is 4.81. The summed E-state index contributed by atoms with van der Waals surface area (Å²) in [5.74, 6) is -0.364. The van der Waals surface area contributed by atoms with Gasteiger partial charge in [-0.1, -0.05) is 35.9 Å². The number of benzene rings is 3. The summed E-state index contributed by atoms with van der Waals surface area (Å²) in [6.07, 6.45) is 0. The lowest BCUT2D eigenvalue weighted by Crippen LogP contribution is -2.12. The van der Waals surface area contributed by atoms with E-state index in [0.717, 1.165) is 22.5 Å². The first-order valence-corrected chi connectivity index (χ1v) is 8.66. The quantitative estimate of drug-likeness (QED) is 0.519. The summed E-state index contributed by atoms with van der Waals surface area (Å²) < 4.78 is 13.3. The molecule has 0 bridgehead atoms. The van der Waals surface area contributed by atoms with Gasteiger partial charge >= 0.3 is 0 Å². The Bertz CT molecular complexity index is 984. The molecule has 0 aromatic heterocycles. The van der Waals surface area contributed by atoms with Crippen LogP contribution in [0, 0.1) is 19.7 Å². The van der Waals surface area contributed by atoms with Crippen molar-refractivity contribution in [3.05, 3.63) is 93.8 Å². The molecule has 0 N–H and O–H groups in total. The molecule has 4 heteroatoms. The summed E-state index contributed by atoms with van der Waals surface area (Å²) in [6.45, 7) is 3.76. The zero-order valence-electron chi connectivity index (χ0n) is 14.9. The predicted octanol–water partition coefficient (Wildman–Crippen LogP) is 6.09. The standard InChI is InChI=1S/C22H19ClFNO/c1-14-6-4-5-7-18(14)22(26)19-10-9-17(13-20(19)23)25(3)21-11-8-16(24)12-15(21)2/h4-13H,1-3H3. The number of hydrogen-bond donors (Lipinski definition) is 0. The second kappa shape index (κ2) is 7.30. The van der Waals surface area contributed by atoms with Gasteiger partial charge in [-0.25, -0.2) is 4.39 Å². The number of carbonyl (C=O) groups excluding carboxylic acids is 1. The van der Waals surface area contributed by atoms with Crippen LogP contribution in [-0.2, 0) is 0 Å². The Balaban J connectivity index is 1.95. The Kier molecular flexibility index (Phi) is 5.10. The number of ketones is 1. The highest BCUT2D eigenvalue weighted by Gasteiger charge is 2.16. The molecule has 0 amide bonds. The molecule has 0 aliphatic carbocycles. The second-order valence-corrected chi connectivity index (χ2v) is 6.71. The summed E-state index contributed by atoms with van der Waals surface area (Å²) in [5.41, 5.74) is 4.55. The largest absolute Gasteiger partial charge is 0.344 e. The van der Waals surface area contributed by atoms with Crippen LogP contribution in [0.1, 0.15) is 27.0 Å². The first-order chi connectivity index (χ1) is 12.4. The Hall–Kier alpha value is -2.65. The van der Waals surface area contributed by atoms with Gasteiger partial charge in [0.15, 0.2) is 5.78 Å². The highest BCUT2D eigenvalue weighted by Crippen LogP contribution is 2.31. The lowest BCUT2D eigenvalue weighted by molar-refractivity contribution is 0.103. The fraction of sp³-hybridized carbons (Fsp3) is 0.136. The van der Waals surface area contributed by atoms with Gasteiger partial charge in [-0.3, -0.25) is 4.79 Å². The van der Waals surface area contributed by atoms with Crippen molar-refractivity contribution in [2.45, 2.75) is 13.8 Å². The third-order valence-electron chi connectivity index (χ3n) is 4.49. The van der Waals surface area contributed by atoms with Crippen molar-refractivity contribution in [2.24, 2.45) is 0 Å². The summed E-state index contributed by atoms with van der Waals surface area (Å²) >= 11 is 6.42. The molecule has 26 heavy (non-hydrogen) atoms. The van der Waals surface area contributed by atoms with Gasteiger partial charge in [0.1, 0.15) is 5.82 Å². The molecule has 0 atom stereocenters. The lowest BCUT2D eigenvalue weighted by atomic mass is 9.99. The number of carbonyl (C=O) groups is 1.